The first-order valence-corrected chi connectivity index (χ1v) is 8.51. The van der Waals surface area contributed by atoms with Crippen LogP contribution in [0.15, 0.2) is 54.6 Å². The molecule has 25 heavy (non-hydrogen) atoms. The minimum Gasteiger partial charge on any atom is -1.00 e. The standard InChI is InChI=1S/C20H25ClNO2.HI/c1-15(2)22(3,4)14-19(16-8-6-5-7-9-16)24-20(23)17-10-12-18(21)13-11-17;/h5-13,15,19H,14H2,1-4H3;1H/q+1;/p-1. The van der Waals surface area contributed by atoms with Crippen LogP contribution >= 0.6 is 11.6 Å². The van der Waals surface area contributed by atoms with E-state index in [4.69, 9.17) is 16.3 Å². The molecule has 2 aromatic carbocycles. The van der Waals surface area contributed by atoms with Crippen molar-refractivity contribution >= 4 is 17.6 Å². The van der Waals surface area contributed by atoms with Gasteiger partial charge in [0, 0.05) is 5.02 Å². The normalized spacial score (nSPS) is 12.4. The van der Waals surface area contributed by atoms with Crippen LogP contribution in [-0.2, 0) is 4.74 Å². The third-order valence-electron chi connectivity index (χ3n) is 4.53. The fourth-order valence-electron chi connectivity index (χ4n) is 2.30. The van der Waals surface area contributed by atoms with E-state index in [9.17, 15) is 4.79 Å². The van der Waals surface area contributed by atoms with Crippen molar-refractivity contribution < 1.29 is 38.0 Å². The highest BCUT2D eigenvalue weighted by Gasteiger charge is 2.29. The molecule has 0 aliphatic carbocycles. The van der Waals surface area contributed by atoms with Crippen LogP contribution in [-0.4, -0.2) is 37.1 Å². The third kappa shape index (κ3) is 6.28. The van der Waals surface area contributed by atoms with E-state index in [-0.39, 0.29) is 36.0 Å². The minimum atomic E-state index is -0.329. The van der Waals surface area contributed by atoms with Gasteiger partial charge in [0.25, 0.3) is 0 Å². The molecule has 0 fully saturated rings. The average molecular weight is 474 g/mol. The highest BCUT2D eigenvalue weighted by molar-refractivity contribution is 6.30. The number of hydrogen-bond donors (Lipinski definition) is 0. The fraction of sp³-hybridized carbons (Fsp3) is 0.350. The molecule has 0 aliphatic rings. The maximum Gasteiger partial charge on any atom is 0.338 e. The highest BCUT2D eigenvalue weighted by Crippen LogP contribution is 2.24. The number of rotatable bonds is 6. The molecule has 0 spiro atoms. The molecule has 1 unspecified atom stereocenters. The predicted molar refractivity (Wildman–Crippen MR) is 98.2 cm³/mol. The van der Waals surface area contributed by atoms with Crippen LogP contribution < -0.4 is 24.0 Å². The zero-order valence-corrected chi connectivity index (χ0v) is 18.0. The Morgan fingerprint density at radius 2 is 1.60 bits per heavy atom. The van der Waals surface area contributed by atoms with E-state index in [1.165, 1.54) is 0 Å². The Bertz CT molecular complexity index is 672. The molecule has 136 valence electrons. The van der Waals surface area contributed by atoms with Gasteiger partial charge in [0.2, 0.25) is 0 Å². The second kappa shape index (κ2) is 9.55. The van der Waals surface area contributed by atoms with Crippen molar-refractivity contribution in [1.29, 1.82) is 0 Å². The highest BCUT2D eigenvalue weighted by atomic mass is 127. The molecule has 2 aromatic rings. The quantitative estimate of drug-likeness (QED) is 0.363. The first-order chi connectivity index (χ1) is 11.3. The van der Waals surface area contributed by atoms with Crippen LogP contribution in [0.5, 0.6) is 0 Å². The van der Waals surface area contributed by atoms with E-state index >= 15 is 0 Å². The lowest BCUT2D eigenvalue weighted by atomic mass is 10.1. The number of nitrogens with zero attached hydrogens (tertiary/aromatic N) is 1. The Labute approximate surface area is 172 Å². The number of carbonyl (C=O) groups is 1. The largest absolute Gasteiger partial charge is 1.00 e. The lowest BCUT2D eigenvalue weighted by Gasteiger charge is -2.37. The molecule has 0 amide bonds. The summed E-state index contributed by atoms with van der Waals surface area (Å²) in [6.45, 7) is 5.05. The maximum atomic E-state index is 12.5. The monoisotopic (exact) mass is 473 g/mol. The number of hydrogen-bond acceptors (Lipinski definition) is 2. The SMILES string of the molecule is CC(C)[N+](C)(C)CC(OC(=O)c1ccc(Cl)cc1)c1ccccc1.[I-]. The van der Waals surface area contributed by atoms with E-state index in [0.29, 0.717) is 23.2 Å². The molecule has 0 bridgehead atoms. The zero-order chi connectivity index (χ0) is 17.7. The van der Waals surface area contributed by atoms with Crippen LogP contribution in [0.3, 0.4) is 0 Å². The van der Waals surface area contributed by atoms with Crippen LogP contribution in [0.4, 0.5) is 0 Å². The van der Waals surface area contributed by atoms with Crippen molar-refractivity contribution in [3.05, 3.63) is 70.7 Å². The minimum absolute atomic E-state index is 0. The summed E-state index contributed by atoms with van der Waals surface area (Å²) in [5, 5.41) is 0.601. The number of benzene rings is 2. The van der Waals surface area contributed by atoms with Gasteiger partial charge in [0.15, 0.2) is 6.10 Å². The molecule has 0 saturated heterocycles. The second-order valence-corrected chi connectivity index (χ2v) is 7.30. The Morgan fingerprint density at radius 3 is 2.12 bits per heavy atom. The van der Waals surface area contributed by atoms with E-state index in [1.54, 1.807) is 24.3 Å². The van der Waals surface area contributed by atoms with Gasteiger partial charge in [-0.05, 0) is 43.7 Å². The number of carbonyl (C=O) groups excluding carboxylic acids is 1. The molecule has 0 aliphatic heterocycles. The molecular formula is C20H25ClINO2. The Balaban J connectivity index is 0.00000312. The summed E-state index contributed by atoms with van der Waals surface area (Å²) in [5.74, 6) is -0.329. The molecular weight excluding hydrogens is 449 g/mol. The summed E-state index contributed by atoms with van der Waals surface area (Å²) in [6.07, 6.45) is -0.299. The summed E-state index contributed by atoms with van der Waals surface area (Å²) in [4.78, 5) is 12.5. The first kappa shape index (κ1) is 21.9. The topological polar surface area (TPSA) is 26.3 Å². The number of likely N-dealkylation sites (N-methyl/N-ethyl adjacent to an activating group) is 1. The van der Waals surface area contributed by atoms with Crippen LogP contribution in [0.2, 0.25) is 5.02 Å². The molecule has 3 nitrogen and oxygen atoms in total. The van der Waals surface area contributed by atoms with Crippen molar-refractivity contribution in [3.8, 4) is 0 Å². The van der Waals surface area contributed by atoms with Gasteiger partial charge >= 0.3 is 5.97 Å². The molecule has 0 saturated carbocycles. The summed E-state index contributed by atoms with van der Waals surface area (Å²) in [5.41, 5.74) is 1.52. The van der Waals surface area contributed by atoms with Gasteiger partial charge in [-0.15, -0.1) is 0 Å². The number of halogens is 2. The number of esters is 1. The zero-order valence-electron chi connectivity index (χ0n) is 15.1. The van der Waals surface area contributed by atoms with Gasteiger partial charge in [-0.2, -0.15) is 0 Å². The van der Waals surface area contributed by atoms with Gasteiger partial charge in [-0.1, -0.05) is 41.9 Å². The Morgan fingerprint density at radius 1 is 1.04 bits per heavy atom. The van der Waals surface area contributed by atoms with E-state index in [0.717, 1.165) is 10.0 Å². The molecule has 0 radical (unpaired) electrons. The second-order valence-electron chi connectivity index (χ2n) is 6.87. The Kier molecular flexibility index (Phi) is 8.38. The van der Waals surface area contributed by atoms with Gasteiger partial charge < -0.3 is 33.2 Å². The van der Waals surface area contributed by atoms with Gasteiger partial charge in [-0.25, -0.2) is 4.79 Å². The number of quaternary nitrogens is 1. The summed E-state index contributed by atoms with van der Waals surface area (Å²) in [6, 6.07) is 17.1. The third-order valence-corrected chi connectivity index (χ3v) is 4.79. The lowest BCUT2D eigenvalue weighted by molar-refractivity contribution is -0.914. The smallest absolute Gasteiger partial charge is 0.338 e. The Hall–Kier alpha value is -1.11. The molecule has 1 atom stereocenters. The van der Waals surface area contributed by atoms with Crippen LogP contribution in [0, 0.1) is 0 Å². The van der Waals surface area contributed by atoms with Crippen molar-refractivity contribution in [2.75, 3.05) is 20.6 Å². The predicted octanol–water partition coefficient (Wildman–Crippen LogP) is 1.73. The summed E-state index contributed by atoms with van der Waals surface area (Å²) in [7, 11) is 4.30. The maximum absolute atomic E-state index is 12.5. The van der Waals surface area contributed by atoms with E-state index in [1.807, 2.05) is 30.3 Å². The summed E-state index contributed by atoms with van der Waals surface area (Å²) >= 11 is 5.89. The van der Waals surface area contributed by atoms with Crippen LogP contribution in [0.25, 0.3) is 0 Å². The van der Waals surface area contributed by atoms with E-state index in [2.05, 4.69) is 27.9 Å². The molecule has 0 aromatic heterocycles. The number of ether oxygens (including phenoxy) is 1. The molecule has 0 heterocycles. The van der Waals surface area contributed by atoms with Gasteiger partial charge in [0.05, 0.1) is 25.7 Å². The van der Waals surface area contributed by atoms with Crippen molar-refractivity contribution in [3.63, 3.8) is 0 Å². The first-order valence-electron chi connectivity index (χ1n) is 8.14. The molecule has 0 N–H and O–H groups in total. The van der Waals surface area contributed by atoms with Crippen molar-refractivity contribution in [2.45, 2.75) is 26.0 Å². The molecule has 5 heteroatoms. The lowest BCUT2D eigenvalue weighted by Crippen LogP contribution is -3.00. The average Bonchev–Trinajstić information content (AvgIpc) is 2.55. The van der Waals surface area contributed by atoms with Gasteiger partial charge in [-0.3, -0.25) is 0 Å². The molecule has 2 rings (SSSR count). The van der Waals surface area contributed by atoms with E-state index < -0.39 is 0 Å². The van der Waals surface area contributed by atoms with Crippen molar-refractivity contribution in [1.82, 2.24) is 0 Å². The van der Waals surface area contributed by atoms with Crippen molar-refractivity contribution in [2.24, 2.45) is 0 Å². The van der Waals surface area contributed by atoms with Crippen LogP contribution in [0.1, 0.15) is 35.9 Å². The van der Waals surface area contributed by atoms with Gasteiger partial charge in [0.1, 0.15) is 6.54 Å². The fourth-order valence-corrected chi connectivity index (χ4v) is 2.43. The summed E-state index contributed by atoms with van der Waals surface area (Å²) < 4.78 is 6.61.